The van der Waals surface area contributed by atoms with E-state index >= 15 is 0 Å². The molecule has 1 N–H and O–H groups in total. The molecule has 1 amide bonds. The Bertz CT molecular complexity index is 1040. The number of rotatable bonds is 7. The van der Waals surface area contributed by atoms with E-state index in [-0.39, 0.29) is 12.5 Å². The van der Waals surface area contributed by atoms with E-state index in [1.165, 1.54) is 11.8 Å². The summed E-state index contributed by atoms with van der Waals surface area (Å²) < 4.78 is 17.0. The quantitative estimate of drug-likeness (QED) is 0.451. The van der Waals surface area contributed by atoms with Gasteiger partial charge < -0.3 is 19.5 Å². The third-order valence-corrected chi connectivity index (χ3v) is 5.38. The molecule has 2 aromatic rings. The number of benzene rings is 2. The number of methoxy groups -OCH3 is 1. The van der Waals surface area contributed by atoms with Gasteiger partial charge in [0.15, 0.2) is 16.7 Å². The van der Waals surface area contributed by atoms with Gasteiger partial charge in [-0.1, -0.05) is 5.92 Å². The Morgan fingerprint density at radius 1 is 1.27 bits per heavy atom. The van der Waals surface area contributed by atoms with Crippen LogP contribution in [-0.2, 0) is 4.79 Å². The second-order valence-corrected chi connectivity index (χ2v) is 7.82. The summed E-state index contributed by atoms with van der Waals surface area (Å²) in [5.74, 6) is 4.01. The fraction of sp³-hybridized carbons (Fsp3) is 0.182. The number of nitrogens with one attached hydrogen (secondary N) is 1. The topological polar surface area (TPSA) is 69.2 Å². The number of amidine groups is 1. The Labute approximate surface area is 187 Å². The maximum Gasteiger partial charge on any atom is 0.264 e. The summed E-state index contributed by atoms with van der Waals surface area (Å²) >= 11 is 4.73. The number of aliphatic imine (C=N–C) groups is 1. The molecule has 0 aromatic heterocycles. The maximum absolute atomic E-state index is 12.4. The molecule has 0 spiro atoms. The molecule has 1 aliphatic heterocycles. The van der Waals surface area contributed by atoms with Gasteiger partial charge in [0.2, 0.25) is 0 Å². The van der Waals surface area contributed by atoms with E-state index in [0.717, 1.165) is 17.0 Å². The molecule has 1 aliphatic rings. The first kappa shape index (κ1) is 21.8. The number of carbonyl (C=O) groups excluding carboxylic acids is 1. The van der Waals surface area contributed by atoms with Crippen molar-refractivity contribution in [3.8, 4) is 29.6 Å². The fourth-order valence-electron chi connectivity index (χ4n) is 2.61. The molecule has 0 radical (unpaired) electrons. The number of terminal acetylenes is 1. The summed E-state index contributed by atoms with van der Waals surface area (Å²) in [6.45, 7) is 2.66. The molecule has 1 heterocycles. The number of thioether (sulfide) groups is 1. The van der Waals surface area contributed by atoms with Crippen LogP contribution in [0, 0.1) is 12.3 Å². The van der Waals surface area contributed by atoms with Crippen molar-refractivity contribution in [2.45, 2.75) is 6.92 Å². The first-order chi connectivity index (χ1) is 14.5. The molecule has 8 heteroatoms. The van der Waals surface area contributed by atoms with Crippen molar-refractivity contribution in [3.63, 3.8) is 0 Å². The summed E-state index contributed by atoms with van der Waals surface area (Å²) in [4.78, 5) is 17.4. The Kier molecular flexibility index (Phi) is 7.44. The van der Waals surface area contributed by atoms with Crippen LogP contribution >= 0.6 is 27.7 Å². The summed E-state index contributed by atoms with van der Waals surface area (Å²) in [6.07, 6.45) is 7.02. The lowest BCUT2D eigenvalue weighted by molar-refractivity contribution is -0.115. The van der Waals surface area contributed by atoms with Crippen LogP contribution < -0.4 is 19.5 Å². The van der Waals surface area contributed by atoms with Crippen LogP contribution in [0.1, 0.15) is 12.5 Å². The number of amides is 1. The predicted octanol–water partition coefficient (Wildman–Crippen LogP) is 4.76. The molecule has 0 unspecified atom stereocenters. The van der Waals surface area contributed by atoms with Crippen molar-refractivity contribution in [2.24, 2.45) is 4.99 Å². The third-order valence-electron chi connectivity index (χ3n) is 3.88. The highest BCUT2D eigenvalue weighted by Crippen LogP contribution is 2.38. The minimum atomic E-state index is -0.215. The molecule has 1 fully saturated rings. The van der Waals surface area contributed by atoms with Gasteiger partial charge in [0.05, 0.1) is 28.8 Å². The zero-order valence-electron chi connectivity index (χ0n) is 16.4. The maximum atomic E-state index is 12.4. The highest BCUT2D eigenvalue weighted by molar-refractivity contribution is 9.10. The first-order valence-electron chi connectivity index (χ1n) is 9.00. The van der Waals surface area contributed by atoms with E-state index in [1.54, 1.807) is 19.3 Å². The van der Waals surface area contributed by atoms with E-state index in [4.69, 9.17) is 20.6 Å². The van der Waals surface area contributed by atoms with Crippen LogP contribution in [0.15, 0.2) is 50.8 Å². The van der Waals surface area contributed by atoms with E-state index in [2.05, 4.69) is 32.2 Å². The molecule has 0 saturated carbocycles. The Balaban J connectivity index is 1.80. The van der Waals surface area contributed by atoms with E-state index < -0.39 is 0 Å². The molecular weight excluding hydrogens is 468 g/mol. The lowest BCUT2D eigenvalue weighted by atomic mass is 10.2. The zero-order chi connectivity index (χ0) is 21.5. The van der Waals surface area contributed by atoms with Gasteiger partial charge in [-0.3, -0.25) is 4.79 Å². The van der Waals surface area contributed by atoms with Crippen LogP contribution in [0.5, 0.6) is 17.2 Å². The molecule has 0 bridgehead atoms. The number of hydrogen-bond acceptors (Lipinski definition) is 6. The highest BCUT2D eigenvalue weighted by atomic mass is 79.9. The van der Waals surface area contributed by atoms with Gasteiger partial charge in [-0.05, 0) is 82.7 Å². The highest BCUT2D eigenvalue weighted by Gasteiger charge is 2.24. The number of hydrogen-bond donors (Lipinski definition) is 1. The van der Waals surface area contributed by atoms with Gasteiger partial charge in [-0.2, -0.15) is 0 Å². The van der Waals surface area contributed by atoms with E-state index in [9.17, 15) is 4.79 Å². The van der Waals surface area contributed by atoms with Crippen LogP contribution in [0.25, 0.3) is 6.08 Å². The van der Waals surface area contributed by atoms with Gasteiger partial charge in [0.1, 0.15) is 12.4 Å². The summed E-state index contributed by atoms with van der Waals surface area (Å²) in [6, 6.07) is 11.0. The molecule has 6 nitrogen and oxygen atoms in total. The fourth-order valence-corrected chi connectivity index (χ4v) is 4.03. The number of nitrogens with zero attached hydrogens (tertiary/aromatic N) is 1. The second-order valence-electron chi connectivity index (χ2n) is 5.94. The van der Waals surface area contributed by atoms with E-state index in [0.29, 0.717) is 32.7 Å². The molecule has 3 rings (SSSR count). The molecule has 1 saturated heterocycles. The smallest absolute Gasteiger partial charge is 0.264 e. The van der Waals surface area contributed by atoms with Crippen molar-refractivity contribution in [1.29, 1.82) is 0 Å². The number of carbonyl (C=O) groups is 1. The monoisotopic (exact) mass is 486 g/mol. The van der Waals surface area contributed by atoms with Crippen LogP contribution in [0.2, 0.25) is 0 Å². The lowest BCUT2D eigenvalue weighted by Crippen LogP contribution is -2.19. The van der Waals surface area contributed by atoms with Gasteiger partial charge in [-0.15, -0.1) is 6.42 Å². The average Bonchev–Trinajstić information content (AvgIpc) is 3.07. The largest absolute Gasteiger partial charge is 0.494 e. The number of halogens is 1. The van der Waals surface area contributed by atoms with Crippen LogP contribution in [-0.4, -0.2) is 31.4 Å². The van der Waals surface area contributed by atoms with Gasteiger partial charge in [0, 0.05) is 0 Å². The summed E-state index contributed by atoms with van der Waals surface area (Å²) in [5.41, 5.74) is 1.49. The van der Waals surface area contributed by atoms with Crippen molar-refractivity contribution in [1.82, 2.24) is 5.32 Å². The van der Waals surface area contributed by atoms with E-state index in [1.807, 2.05) is 37.3 Å². The first-order valence-corrected chi connectivity index (χ1v) is 10.6. The second kappa shape index (κ2) is 10.2. The molecular formula is C22H19BrN2O4S. The SMILES string of the molecule is C#CCOc1c(Br)cc(/C=C2/SC(=Nc3ccc(OCC)cc3)NC2=O)cc1OC. The van der Waals surface area contributed by atoms with Crippen molar-refractivity contribution >= 4 is 50.5 Å². The Morgan fingerprint density at radius 2 is 2.03 bits per heavy atom. The zero-order valence-corrected chi connectivity index (χ0v) is 18.8. The normalized spacial score (nSPS) is 15.7. The van der Waals surface area contributed by atoms with Crippen molar-refractivity contribution < 1.29 is 19.0 Å². The molecule has 30 heavy (non-hydrogen) atoms. The minimum Gasteiger partial charge on any atom is -0.494 e. The van der Waals surface area contributed by atoms with Crippen LogP contribution in [0.3, 0.4) is 0 Å². The van der Waals surface area contributed by atoms with Crippen molar-refractivity contribution in [3.05, 3.63) is 51.3 Å². The third kappa shape index (κ3) is 5.38. The summed E-state index contributed by atoms with van der Waals surface area (Å²) in [7, 11) is 1.54. The van der Waals surface area contributed by atoms with Crippen LogP contribution in [0.4, 0.5) is 5.69 Å². The molecule has 154 valence electrons. The molecule has 0 aliphatic carbocycles. The van der Waals surface area contributed by atoms with Gasteiger partial charge in [-0.25, -0.2) is 4.99 Å². The molecule has 2 aromatic carbocycles. The Morgan fingerprint density at radius 3 is 2.70 bits per heavy atom. The molecule has 0 atom stereocenters. The predicted molar refractivity (Wildman–Crippen MR) is 123 cm³/mol. The Hall–Kier alpha value is -2.89. The summed E-state index contributed by atoms with van der Waals surface area (Å²) in [5, 5.41) is 3.29. The minimum absolute atomic E-state index is 0.124. The lowest BCUT2D eigenvalue weighted by Gasteiger charge is -2.12. The number of ether oxygens (including phenoxy) is 3. The van der Waals surface area contributed by atoms with Gasteiger partial charge in [0.25, 0.3) is 5.91 Å². The standard InChI is InChI=1S/C22H19BrN2O4S/c1-4-10-29-20-17(23)11-14(12-18(20)27-3)13-19-21(26)25-22(30-19)24-15-6-8-16(9-7-15)28-5-2/h1,6-9,11-13H,5,10H2,2-3H3,(H,24,25,26)/b19-13+. The van der Waals surface area contributed by atoms with Gasteiger partial charge >= 0.3 is 0 Å². The van der Waals surface area contributed by atoms with Crippen molar-refractivity contribution in [2.75, 3.05) is 20.3 Å². The average molecular weight is 487 g/mol.